The third-order valence-corrected chi connectivity index (χ3v) is 5.11. The SMILES string of the molecule is CN1CCC(CNC(=O)[C@H]2CNC[C@@H]2c2cnn(C)c2)CC1.Cl.Cl. The Bertz CT molecular complexity index is 516. The lowest BCUT2D eigenvalue weighted by Crippen LogP contribution is -2.40. The molecule has 0 aromatic carbocycles. The van der Waals surface area contributed by atoms with E-state index in [1.807, 2.05) is 19.4 Å². The zero-order chi connectivity index (χ0) is 15.5. The van der Waals surface area contributed by atoms with Crippen LogP contribution in [0, 0.1) is 11.8 Å². The van der Waals surface area contributed by atoms with Gasteiger partial charge >= 0.3 is 0 Å². The van der Waals surface area contributed by atoms with Gasteiger partial charge < -0.3 is 15.5 Å². The first-order valence-corrected chi connectivity index (χ1v) is 8.29. The predicted octanol–water partition coefficient (Wildman–Crippen LogP) is 1.02. The van der Waals surface area contributed by atoms with Crippen molar-refractivity contribution in [3.8, 4) is 0 Å². The number of likely N-dealkylation sites (tertiary alicyclic amines) is 1. The van der Waals surface area contributed by atoms with Gasteiger partial charge in [-0.3, -0.25) is 9.48 Å². The molecule has 0 spiro atoms. The summed E-state index contributed by atoms with van der Waals surface area (Å²) in [5, 5.41) is 10.8. The number of nitrogens with one attached hydrogen (secondary N) is 2. The van der Waals surface area contributed by atoms with Gasteiger partial charge in [-0.15, -0.1) is 24.8 Å². The minimum absolute atomic E-state index is 0. The van der Waals surface area contributed by atoms with Crippen molar-refractivity contribution in [1.82, 2.24) is 25.3 Å². The number of amides is 1. The molecule has 24 heavy (non-hydrogen) atoms. The second-order valence-corrected chi connectivity index (χ2v) is 6.81. The monoisotopic (exact) mass is 377 g/mol. The summed E-state index contributed by atoms with van der Waals surface area (Å²) in [5.74, 6) is 1.09. The number of halogens is 2. The van der Waals surface area contributed by atoms with E-state index in [0.717, 1.165) is 38.3 Å². The maximum atomic E-state index is 12.6. The lowest BCUT2D eigenvalue weighted by atomic mass is 9.90. The third-order valence-electron chi connectivity index (χ3n) is 5.11. The zero-order valence-corrected chi connectivity index (χ0v) is 16.0. The quantitative estimate of drug-likeness (QED) is 0.822. The molecule has 8 heteroatoms. The maximum absolute atomic E-state index is 12.6. The molecule has 138 valence electrons. The van der Waals surface area contributed by atoms with Gasteiger partial charge in [0, 0.05) is 38.8 Å². The third kappa shape index (κ3) is 5.09. The Morgan fingerprint density at radius 2 is 2.00 bits per heavy atom. The average molecular weight is 378 g/mol. The van der Waals surface area contributed by atoms with E-state index >= 15 is 0 Å². The first-order chi connectivity index (χ1) is 10.6. The summed E-state index contributed by atoms with van der Waals surface area (Å²) in [6, 6.07) is 0. The molecule has 0 unspecified atom stereocenters. The lowest BCUT2D eigenvalue weighted by molar-refractivity contribution is -0.125. The molecule has 0 radical (unpaired) electrons. The van der Waals surface area contributed by atoms with Gasteiger partial charge in [-0.1, -0.05) is 0 Å². The number of nitrogens with zero attached hydrogens (tertiary/aromatic N) is 3. The molecule has 1 aromatic heterocycles. The van der Waals surface area contributed by atoms with Crippen LogP contribution in [-0.4, -0.2) is 60.4 Å². The van der Waals surface area contributed by atoms with Gasteiger partial charge in [0.25, 0.3) is 0 Å². The van der Waals surface area contributed by atoms with Gasteiger partial charge in [0.2, 0.25) is 5.91 Å². The average Bonchev–Trinajstić information content (AvgIpc) is 3.14. The van der Waals surface area contributed by atoms with Crippen molar-refractivity contribution in [2.24, 2.45) is 18.9 Å². The summed E-state index contributed by atoms with van der Waals surface area (Å²) in [6.07, 6.45) is 6.28. The molecule has 3 rings (SSSR count). The van der Waals surface area contributed by atoms with Gasteiger partial charge in [-0.05, 0) is 44.5 Å². The molecule has 2 aliphatic heterocycles. The van der Waals surface area contributed by atoms with Crippen molar-refractivity contribution in [1.29, 1.82) is 0 Å². The van der Waals surface area contributed by atoms with Crippen LogP contribution in [0.3, 0.4) is 0 Å². The van der Waals surface area contributed by atoms with Crippen LogP contribution in [0.5, 0.6) is 0 Å². The van der Waals surface area contributed by atoms with E-state index in [9.17, 15) is 4.79 Å². The lowest BCUT2D eigenvalue weighted by Gasteiger charge is -2.29. The molecular weight excluding hydrogens is 349 g/mol. The number of carbonyl (C=O) groups is 1. The first-order valence-electron chi connectivity index (χ1n) is 8.29. The molecule has 0 saturated carbocycles. The standard InChI is InChI=1S/C16H27N5O.2ClH/c1-20-5-3-12(4-6-20)7-18-16(22)15-10-17-9-14(15)13-8-19-21(2)11-13;;/h8,11-12,14-15,17H,3-7,9-10H2,1-2H3,(H,18,22);2*1H/t14-,15+;;/m1../s1. The van der Waals surface area contributed by atoms with Crippen LogP contribution in [0.15, 0.2) is 12.4 Å². The Morgan fingerprint density at radius 3 is 2.62 bits per heavy atom. The highest BCUT2D eigenvalue weighted by Crippen LogP contribution is 2.28. The van der Waals surface area contributed by atoms with E-state index in [1.54, 1.807) is 4.68 Å². The van der Waals surface area contributed by atoms with Crippen LogP contribution >= 0.6 is 24.8 Å². The largest absolute Gasteiger partial charge is 0.356 e. The van der Waals surface area contributed by atoms with E-state index < -0.39 is 0 Å². The fraction of sp³-hybridized carbons (Fsp3) is 0.750. The van der Waals surface area contributed by atoms with Crippen molar-refractivity contribution in [3.05, 3.63) is 18.0 Å². The summed E-state index contributed by atoms with van der Waals surface area (Å²) in [4.78, 5) is 14.9. The molecule has 2 saturated heterocycles. The molecule has 3 heterocycles. The molecule has 2 fully saturated rings. The molecule has 2 N–H and O–H groups in total. The topological polar surface area (TPSA) is 62.2 Å². The molecule has 0 aliphatic carbocycles. The Labute approximate surface area is 156 Å². The number of hydrogen-bond acceptors (Lipinski definition) is 4. The van der Waals surface area contributed by atoms with Gasteiger partial charge in [-0.2, -0.15) is 5.10 Å². The maximum Gasteiger partial charge on any atom is 0.225 e. The molecule has 6 nitrogen and oxygen atoms in total. The number of piperidine rings is 1. The van der Waals surface area contributed by atoms with E-state index in [0.29, 0.717) is 5.92 Å². The minimum Gasteiger partial charge on any atom is -0.356 e. The van der Waals surface area contributed by atoms with Crippen LogP contribution < -0.4 is 10.6 Å². The van der Waals surface area contributed by atoms with Crippen LogP contribution in [0.25, 0.3) is 0 Å². The van der Waals surface area contributed by atoms with Gasteiger partial charge in [-0.25, -0.2) is 0 Å². The normalized spacial score (nSPS) is 24.9. The van der Waals surface area contributed by atoms with Crippen molar-refractivity contribution in [2.45, 2.75) is 18.8 Å². The van der Waals surface area contributed by atoms with E-state index in [2.05, 4.69) is 27.7 Å². The van der Waals surface area contributed by atoms with Crippen molar-refractivity contribution >= 4 is 30.7 Å². The van der Waals surface area contributed by atoms with E-state index in [-0.39, 0.29) is 42.6 Å². The van der Waals surface area contributed by atoms with Crippen LogP contribution in [0.4, 0.5) is 0 Å². The van der Waals surface area contributed by atoms with Gasteiger partial charge in [0.05, 0.1) is 12.1 Å². The predicted molar refractivity (Wildman–Crippen MR) is 100 cm³/mol. The summed E-state index contributed by atoms with van der Waals surface area (Å²) in [5.41, 5.74) is 1.16. The number of hydrogen-bond donors (Lipinski definition) is 2. The molecule has 2 atom stereocenters. The Hall–Kier alpha value is -0.820. The summed E-state index contributed by atoms with van der Waals surface area (Å²) in [6.45, 7) is 4.73. The van der Waals surface area contributed by atoms with Gasteiger partial charge in [0.1, 0.15) is 0 Å². The molecule has 0 bridgehead atoms. The van der Waals surface area contributed by atoms with Crippen LogP contribution in [0.1, 0.15) is 24.3 Å². The number of carbonyl (C=O) groups excluding carboxylic acids is 1. The summed E-state index contributed by atoms with van der Waals surface area (Å²) < 4.78 is 1.81. The number of rotatable bonds is 4. The summed E-state index contributed by atoms with van der Waals surface area (Å²) in [7, 11) is 4.08. The molecule has 1 amide bonds. The Morgan fingerprint density at radius 1 is 1.29 bits per heavy atom. The van der Waals surface area contributed by atoms with Crippen molar-refractivity contribution < 1.29 is 4.79 Å². The molecule has 1 aromatic rings. The minimum atomic E-state index is 0. The highest BCUT2D eigenvalue weighted by molar-refractivity contribution is 5.85. The second-order valence-electron chi connectivity index (χ2n) is 6.81. The van der Waals surface area contributed by atoms with Crippen molar-refractivity contribution in [3.63, 3.8) is 0 Å². The number of aryl methyl sites for hydroxylation is 1. The highest BCUT2D eigenvalue weighted by Gasteiger charge is 2.34. The fourth-order valence-corrected chi connectivity index (χ4v) is 3.58. The summed E-state index contributed by atoms with van der Waals surface area (Å²) >= 11 is 0. The van der Waals surface area contributed by atoms with E-state index in [4.69, 9.17) is 0 Å². The molecule has 2 aliphatic rings. The second kappa shape index (κ2) is 9.61. The smallest absolute Gasteiger partial charge is 0.225 e. The Balaban J connectivity index is 0.00000144. The fourth-order valence-electron chi connectivity index (χ4n) is 3.58. The number of aromatic nitrogens is 2. The molecular formula is C16H29Cl2N5O. The highest BCUT2D eigenvalue weighted by atomic mass is 35.5. The van der Waals surface area contributed by atoms with Crippen LogP contribution in [0.2, 0.25) is 0 Å². The first kappa shape index (κ1) is 21.2. The van der Waals surface area contributed by atoms with Crippen molar-refractivity contribution in [2.75, 3.05) is 39.8 Å². The Kier molecular flexibility index (Phi) is 8.50. The van der Waals surface area contributed by atoms with E-state index in [1.165, 1.54) is 12.8 Å². The van der Waals surface area contributed by atoms with Gasteiger partial charge in [0.15, 0.2) is 0 Å². The zero-order valence-electron chi connectivity index (χ0n) is 14.4. The van der Waals surface area contributed by atoms with Crippen LogP contribution in [-0.2, 0) is 11.8 Å².